The quantitative estimate of drug-likeness (QED) is 0.705. The van der Waals surface area contributed by atoms with Gasteiger partial charge >= 0.3 is 11.8 Å². The van der Waals surface area contributed by atoms with Crippen LogP contribution in [-0.2, 0) is 14.4 Å². The van der Waals surface area contributed by atoms with Gasteiger partial charge < -0.3 is 20.4 Å². The summed E-state index contributed by atoms with van der Waals surface area (Å²) in [7, 11) is 0. The molecule has 9 heteroatoms. The molecule has 1 aliphatic carbocycles. The number of aryl methyl sites for hydroxylation is 1. The van der Waals surface area contributed by atoms with Gasteiger partial charge in [0.15, 0.2) is 0 Å². The van der Waals surface area contributed by atoms with Gasteiger partial charge in [0, 0.05) is 37.1 Å². The van der Waals surface area contributed by atoms with E-state index in [1.165, 1.54) is 16.2 Å². The summed E-state index contributed by atoms with van der Waals surface area (Å²) in [5.41, 5.74) is 0. The third-order valence-corrected chi connectivity index (χ3v) is 5.39. The maximum absolute atomic E-state index is 12.2. The minimum atomic E-state index is -0.564. The number of rotatable bonds is 4. The van der Waals surface area contributed by atoms with Gasteiger partial charge in [0.25, 0.3) is 5.91 Å². The first-order valence-electron chi connectivity index (χ1n) is 8.66. The van der Waals surface area contributed by atoms with E-state index in [0.29, 0.717) is 31.1 Å². The fourth-order valence-electron chi connectivity index (χ4n) is 2.69. The van der Waals surface area contributed by atoms with Gasteiger partial charge in [-0.15, -0.1) is 11.3 Å². The predicted octanol–water partition coefficient (Wildman–Crippen LogP) is -0.264. The van der Waals surface area contributed by atoms with Crippen LogP contribution in [0.25, 0.3) is 0 Å². The normalized spacial score (nSPS) is 17.0. The van der Waals surface area contributed by atoms with E-state index in [9.17, 15) is 19.2 Å². The third-order valence-electron chi connectivity index (χ3n) is 4.39. The van der Waals surface area contributed by atoms with E-state index in [0.717, 1.165) is 17.7 Å². The summed E-state index contributed by atoms with van der Waals surface area (Å²) in [4.78, 5) is 52.8. The molecule has 4 amide bonds. The van der Waals surface area contributed by atoms with Crippen LogP contribution < -0.4 is 10.6 Å². The highest BCUT2D eigenvalue weighted by molar-refractivity contribution is 7.13. The predicted molar refractivity (Wildman–Crippen MR) is 95.7 cm³/mol. The second-order valence-electron chi connectivity index (χ2n) is 6.51. The van der Waals surface area contributed by atoms with Crippen molar-refractivity contribution in [2.24, 2.45) is 0 Å². The van der Waals surface area contributed by atoms with Gasteiger partial charge in [-0.1, -0.05) is 0 Å². The smallest absolute Gasteiger partial charge is 0.312 e. The van der Waals surface area contributed by atoms with Gasteiger partial charge in [-0.25, -0.2) is 0 Å². The van der Waals surface area contributed by atoms with Crippen LogP contribution in [-0.4, -0.2) is 72.2 Å². The Bertz CT molecular complexity index is 720. The molecule has 1 saturated heterocycles. The van der Waals surface area contributed by atoms with Crippen LogP contribution in [0.2, 0.25) is 0 Å². The molecule has 1 aliphatic heterocycles. The Morgan fingerprint density at radius 1 is 1.08 bits per heavy atom. The van der Waals surface area contributed by atoms with Crippen molar-refractivity contribution in [3.63, 3.8) is 0 Å². The number of amides is 4. The van der Waals surface area contributed by atoms with Gasteiger partial charge in [0.1, 0.15) is 0 Å². The van der Waals surface area contributed by atoms with E-state index in [1.807, 2.05) is 13.0 Å². The van der Waals surface area contributed by atoms with E-state index >= 15 is 0 Å². The second-order valence-corrected chi connectivity index (χ2v) is 7.80. The van der Waals surface area contributed by atoms with Crippen LogP contribution in [0, 0.1) is 6.92 Å². The zero-order chi connectivity index (χ0) is 18.7. The largest absolute Gasteiger partial charge is 0.345 e. The van der Waals surface area contributed by atoms with E-state index < -0.39 is 11.8 Å². The fourth-order valence-corrected chi connectivity index (χ4v) is 3.47. The summed E-state index contributed by atoms with van der Waals surface area (Å²) in [5, 5.41) is 5.30. The molecule has 140 valence electrons. The fraction of sp³-hybridized carbons (Fsp3) is 0.529. The Morgan fingerprint density at radius 2 is 1.73 bits per heavy atom. The van der Waals surface area contributed by atoms with E-state index in [1.54, 1.807) is 11.0 Å². The monoisotopic (exact) mass is 378 g/mol. The number of carbonyl (C=O) groups excluding carboxylic acids is 4. The van der Waals surface area contributed by atoms with Gasteiger partial charge in [-0.3, -0.25) is 19.2 Å². The zero-order valence-corrected chi connectivity index (χ0v) is 15.4. The summed E-state index contributed by atoms with van der Waals surface area (Å²) >= 11 is 1.38. The van der Waals surface area contributed by atoms with Crippen LogP contribution in [0.4, 0.5) is 0 Å². The van der Waals surface area contributed by atoms with Crippen LogP contribution in [0.5, 0.6) is 0 Å². The Kier molecular flexibility index (Phi) is 5.55. The summed E-state index contributed by atoms with van der Waals surface area (Å²) in [6, 6.07) is 3.73. The van der Waals surface area contributed by atoms with Crippen LogP contribution in [0.1, 0.15) is 27.4 Å². The number of piperazine rings is 1. The molecular formula is C17H22N4O4S. The minimum absolute atomic E-state index is 0.0775. The van der Waals surface area contributed by atoms with Gasteiger partial charge in [-0.2, -0.15) is 0 Å². The lowest BCUT2D eigenvalue weighted by atomic mass is 10.3. The standard InChI is InChI=1S/C17H22N4O4S/c1-11-2-5-13(26-11)15(23)18-10-14(22)20-6-8-21(9-7-20)17(25)16(24)19-12-3-4-12/h2,5,12H,3-4,6-10H2,1H3,(H,18,23)(H,19,24). The van der Waals surface area contributed by atoms with Crippen molar-refractivity contribution >= 4 is 35.0 Å². The summed E-state index contributed by atoms with van der Waals surface area (Å²) < 4.78 is 0. The zero-order valence-electron chi connectivity index (χ0n) is 14.6. The highest BCUT2D eigenvalue weighted by Gasteiger charge is 2.31. The average molecular weight is 378 g/mol. The minimum Gasteiger partial charge on any atom is -0.345 e. The molecule has 8 nitrogen and oxygen atoms in total. The lowest BCUT2D eigenvalue weighted by Crippen LogP contribution is -2.55. The molecule has 0 spiro atoms. The maximum Gasteiger partial charge on any atom is 0.312 e. The Morgan fingerprint density at radius 3 is 2.31 bits per heavy atom. The first-order valence-corrected chi connectivity index (χ1v) is 9.48. The summed E-state index contributed by atoms with van der Waals surface area (Å²) in [5.74, 6) is -1.56. The van der Waals surface area contributed by atoms with E-state index in [-0.39, 0.29) is 24.4 Å². The molecule has 1 aromatic rings. The van der Waals surface area contributed by atoms with Crippen molar-refractivity contribution in [1.82, 2.24) is 20.4 Å². The van der Waals surface area contributed by atoms with Crippen molar-refractivity contribution in [1.29, 1.82) is 0 Å². The molecule has 2 N–H and O–H groups in total. The van der Waals surface area contributed by atoms with Gasteiger partial charge in [-0.05, 0) is 31.9 Å². The molecule has 0 radical (unpaired) electrons. The number of hydrogen-bond acceptors (Lipinski definition) is 5. The van der Waals surface area contributed by atoms with E-state index in [2.05, 4.69) is 10.6 Å². The average Bonchev–Trinajstić information content (AvgIpc) is 3.35. The Balaban J connectivity index is 1.41. The Hall–Kier alpha value is -2.42. The first kappa shape index (κ1) is 18.4. The maximum atomic E-state index is 12.2. The topological polar surface area (TPSA) is 98.8 Å². The SMILES string of the molecule is Cc1ccc(C(=O)NCC(=O)N2CCN(C(=O)C(=O)NC3CC3)CC2)s1. The molecule has 2 fully saturated rings. The third kappa shape index (κ3) is 4.60. The van der Waals surface area contributed by atoms with Crippen LogP contribution in [0.15, 0.2) is 12.1 Å². The molecular weight excluding hydrogens is 356 g/mol. The molecule has 0 aromatic carbocycles. The molecule has 3 rings (SSSR count). The molecule has 2 heterocycles. The van der Waals surface area contributed by atoms with E-state index in [4.69, 9.17) is 0 Å². The highest BCUT2D eigenvalue weighted by Crippen LogP contribution is 2.18. The van der Waals surface area contributed by atoms with Crippen LogP contribution >= 0.6 is 11.3 Å². The summed E-state index contributed by atoms with van der Waals surface area (Å²) in [6.07, 6.45) is 1.86. The lowest BCUT2D eigenvalue weighted by Gasteiger charge is -2.34. The van der Waals surface area contributed by atoms with Crippen molar-refractivity contribution in [3.8, 4) is 0 Å². The number of thiophene rings is 1. The molecule has 26 heavy (non-hydrogen) atoms. The van der Waals surface area contributed by atoms with Gasteiger partial charge in [0.05, 0.1) is 11.4 Å². The number of nitrogens with zero attached hydrogens (tertiary/aromatic N) is 2. The number of carbonyl (C=O) groups is 4. The molecule has 2 aliphatic rings. The molecule has 0 unspecified atom stereocenters. The van der Waals surface area contributed by atoms with Gasteiger partial charge in [0.2, 0.25) is 5.91 Å². The Labute approximate surface area is 155 Å². The highest BCUT2D eigenvalue weighted by atomic mass is 32.1. The van der Waals surface area contributed by atoms with Crippen molar-refractivity contribution in [2.75, 3.05) is 32.7 Å². The number of nitrogens with one attached hydrogen (secondary N) is 2. The second kappa shape index (κ2) is 7.86. The number of hydrogen-bond donors (Lipinski definition) is 2. The molecule has 0 atom stereocenters. The first-order chi connectivity index (χ1) is 12.4. The van der Waals surface area contributed by atoms with Crippen LogP contribution in [0.3, 0.4) is 0 Å². The molecule has 0 bridgehead atoms. The lowest BCUT2D eigenvalue weighted by molar-refractivity contribution is -0.148. The van der Waals surface area contributed by atoms with Crippen molar-refractivity contribution in [2.45, 2.75) is 25.8 Å². The van der Waals surface area contributed by atoms with Crippen molar-refractivity contribution < 1.29 is 19.2 Å². The molecule has 1 aromatic heterocycles. The molecule has 1 saturated carbocycles. The van der Waals surface area contributed by atoms with Crippen molar-refractivity contribution in [3.05, 3.63) is 21.9 Å². The summed E-state index contributed by atoms with van der Waals surface area (Å²) in [6.45, 7) is 3.19.